The topological polar surface area (TPSA) is 86.9 Å². The molecule has 2 fully saturated rings. The average molecular weight is 347 g/mol. The number of nitro benzene ring substituents is 1. The van der Waals surface area contributed by atoms with Crippen LogP contribution in [0.15, 0.2) is 24.3 Å². The molecule has 0 radical (unpaired) electrons. The number of para-hydroxylation sites is 2. The van der Waals surface area contributed by atoms with Gasteiger partial charge in [-0.1, -0.05) is 12.1 Å². The molecule has 2 atom stereocenters. The first-order valence-electron chi connectivity index (χ1n) is 8.92. The number of carbonyl (C=O) groups is 1. The molecule has 25 heavy (non-hydrogen) atoms. The van der Waals surface area contributed by atoms with E-state index in [1.54, 1.807) is 25.1 Å². The van der Waals surface area contributed by atoms with E-state index in [0.717, 1.165) is 13.0 Å². The van der Waals surface area contributed by atoms with Gasteiger partial charge in [-0.2, -0.15) is 0 Å². The first kappa shape index (κ1) is 17.7. The highest BCUT2D eigenvalue weighted by Crippen LogP contribution is 2.32. The molecule has 136 valence electrons. The predicted molar refractivity (Wildman–Crippen MR) is 94.4 cm³/mol. The number of hydrogen-bond donors (Lipinski definition) is 1. The highest BCUT2D eigenvalue weighted by molar-refractivity contribution is 5.79. The lowest BCUT2D eigenvalue weighted by Crippen LogP contribution is -2.42. The minimum atomic E-state index is -0.377. The summed E-state index contributed by atoms with van der Waals surface area (Å²) >= 11 is 0. The molecule has 2 unspecified atom stereocenters. The van der Waals surface area contributed by atoms with Gasteiger partial charge in [-0.15, -0.1) is 0 Å². The maximum atomic E-state index is 12.7. The number of amides is 1. The molecule has 1 aromatic carbocycles. The van der Waals surface area contributed by atoms with Crippen LogP contribution in [0.2, 0.25) is 0 Å². The summed E-state index contributed by atoms with van der Waals surface area (Å²) in [6.45, 7) is 4.44. The minimum Gasteiger partial charge on any atom is -0.393 e. The van der Waals surface area contributed by atoms with E-state index in [1.807, 2.05) is 9.80 Å². The Morgan fingerprint density at radius 1 is 1.24 bits per heavy atom. The van der Waals surface area contributed by atoms with Gasteiger partial charge >= 0.3 is 0 Å². The summed E-state index contributed by atoms with van der Waals surface area (Å²) in [5.74, 6) is 0.327. The molecule has 0 spiro atoms. The van der Waals surface area contributed by atoms with Crippen LogP contribution < -0.4 is 4.90 Å². The normalized spacial score (nSPS) is 22.9. The third-order valence-electron chi connectivity index (χ3n) is 5.48. The van der Waals surface area contributed by atoms with Crippen LogP contribution in [0, 0.1) is 22.0 Å². The Kier molecular flexibility index (Phi) is 5.22. The Morgan fingerprint density at radius 2 is 1.92 bits per heavy atom. The van der Waals surface area contributed by atoms with Crippen LogP contribution in [0.3, 0.4) is 0 Å². The van der Waals surface area contributed by atoms with Crippen LogP contribution in [0.4, 0.5) is 11.4 Å². The van der Waals surface area contributed by atoms with Crippen molar-refractivity contribution in [2.24, 2.45) is 11.8 Å². The van der Waals surface area contributed by atoms with Crippen LogP contribution in [-0.2, 0) is 4.79 Å². The third kappa shape index (κ3) is 3.76. The number of carbonyl (C=O) groups excluding carboxylic acids is 1. The van der Waals surface area contributed by atoms with Crippen molar-refractivity contribution in [3.05, 3.63) is 34.4 Å². The fourth-order valence-corrected chi connectivity index (χ4v) is 3.89. The lowest BCUT2D eigenvalue weighted by atomic mass is 9.94. The molecular formula is C18H25N3O4. The number of likely N-dealkylation sites (tertiary alicyclic amines) is 1. The molecule has 1 N–H and O–H groups in total. The minimum absolute atomic E-state index is 0.0215. The molecule has 2 saturated heterocycles. The molecule has 3 rings (SSSR count). The molecule has 2 heterocycles. The van der Waals surface area contributed by atoms with E-state index in [2.05, 4.69) is 0 Å². The van der Waals surface area contributed by atoms with E-state index in [4.69, 9.17) is 0 Å². The summed E-state index contributed by atoms with van der Waals surface area (Å²) in [7, 11) is 0. The number of rotatable bonds is 4. The summed E-state index contributed by atoms with van der Waals surface area (Å²) < 4.78 is 0. The van der Waals surface area contributed by atoms with E-state index in [1.165, 1.54) is 6.07 Å². The largest absolute Gasteiger partial charge is 0.393 e. The van der Waals surface area contributed by atoms with E-state index in [0.29, 0.717) is 38.2 Å². The lowest BCUT2D eigenvalue weighted by Gasteiger charge is -2.34. The zero-order chi connectivity index (χ0) is 18.0. The van der Waals surface area contributed by atoms with E-state index in [9.17, 15) is 20.0 Å². The molecule has 0 aromatic heterocycles. The maximum absolute atomic E-state index is 12.7. The molecular weight excluding hydrogens is 322 g/mol. The van der Waals surface area contributed by atoms with Gasteiger partial charge in [-0.05, 0) is 32.3 Å². The number of nitrogens with zero attached hydrogens (tertiary/aromatic N) is 3. The first-order chi connectivity index (χ1) is 12.0. The van der Waals surface area contributed by atoms with Crippen molar-refractivity contribution >= 4 is 17.3 Å². The zero-order valence-electron chi connectivity index (χ0n) is 14.5. The van der Waals surface area contributed by atoms with Gasteiger partial charge in [0.25, 0.3) is 5.69 Å². The average Bonchev–Trinajstić information content (AvgIpc) is 3.11. The van der Waals surface area contributed by atoms with Crippen molar-refractivity contribution in [1.29, 1.82) is 0 Å². The number of hydrogen-bond acceptors (Lipinski definition) is 5. The maximum Gasteiger partial charge on any atom is 0.292 e. The second-order valence-corrected chi connectivity index (χ2v) is 7.08. The summed E-state index contributed by atoms with van der Waals surface area (Å²) in [5.41, 5.74) is 0.750. The number of nitro groups is 1. The van der Waals surface area contributed by atoms with Gasteiger partial charge in [-0.25, -0.2) is 0 Å². The van der Waals surface area contributed by atoms with Crippen molar-refractivity contribution in [3.63, 3.8) is 0 Å². The summed E-state index contributed by atoms with van der Waals surface area (Å²) in [6, 6.07) is 6.77. The highest BCUT2D eigenvalue weighted by atomic mass is 16.6. The number of aliphatic hydroxyl groups is 1. The standard InChI is InChI=1S/C18H25N3O4/c1-13(22)15-8-11-20(12-15)18(23)14-6-9-19(10-7-14)16-4-2-3-5-17(16)21(24)25/h2-5,13-15,22H,6-12H2,1H3. The monoisotopic (exact) mass is 347 g/mol. The fourth-order valence-electron chi connectivity index (χ4n) is 3.89. The zero-order valence-corrected chi connectivity index (χ0v) is 14.5. The molecule has 1 aromatic rings. The van der Waals surface area contributed by atoms with Gasteiger partial charge in [-0.3, -0.25) is 14.9 Å². The number of piperidine rings is 1. The van der Waals surface area contributed by atoms with Gasteiger partial charge in [0.05, 0.1) is 11.0 Å². The highest BCUT2D eigenvalue weighted by Gasteiger charge is 2.34. The van der Waals surface area contributed by atoms with Crippen LogP contribution in [-0.4, -0.2) is 53.1 Å². The number of benzene rings is 1. The van der Waals surface area contributed by atoms with Crippen molar-refractivity contribution in [2.45, 2.75) is 32.3 Å². The fraction of sp³-hybridized carbons (Fsp3) is 0.611. The molecule has 7 heteroatoms. The second-order valence-electron chi connectivity index (χ2n) is 7.08. The summed E-state index contributed by atoms with van der Waals surface area (Å²) in [6.07, 6.45) is 1.90. The molecule has 7 nitrogen and oxygen atoms in total. The molecule has 0 saturated carbocycles. The van der Waals surface area contributed by atoms with E-state index < -0.39 is 0 Å². The molecule has 0 aliphatic carbocycles. The van der Waals surface area contributed by atoms with Gasteiger partial charge in [0.2, 0.25) is 5.91 Å². The predicted octanol–water partition coefficient (Wildman–Crippen LogP) is 2.04. The van der Waals surface area contributed by atoms with Crippen molar-refractivity contribution in [1.82, 2.24) is 4.90 Å². The molecule has 2 aliphatic rings. The Balaban J connectivity index is 1.59. The quantitative estimate of drug-likeness (QED) is 0.665. The Morgan fingerprint density at radius 3 is 2.52 bits per heavy atom. The summed E-state index contributed by atoms with van der Waals surface area (Å²) in [4.78, 5) is 27.4. The van der Waals surface area contributed by atoms with Crippen molar-refractivity contribution < 1.29 is 14.8 Å². The Labute approximate surface area is 147 Å². The van der Waals surface area contributed by atoms with Gasteiger partial charge in [0, 0.05) is 44.1 Å². The van der Waals surface area contributed by atoms with Gasteiger partial charge < -0.3 is 14.9 Å². The van der Waals surface area contributed by atoms with Gasteiger partial charge in [0.15, 0.2) is 0 Å². The lowest BCUT2D eigenvalue weighted by molar-refractivity contribution is -0.384. The number of aliphatic hydroxyl groups excluding tert-OH is 1. The van der Waals surface area contributed by atoms with Crippen LogP contribution in [0.1, 0.15) is 26.2 Å². The van der Waals surface area contributed by atoms with E-state index >= 15 is 0 Å². The SMILES string of the molecule is CC(O)C1CCN(C(=O)C2CCN(c3ccccc3[N+](=O)[O-])CC2)C1. The first-order valence-corrected chi connectivity index (χ1v) is 8.92. The van der Waals surface area contributed by atoms with Crippen molar-refractivity contribution in [2.75, 3.05) is 31.1 Å². The van der Waals surface area contributed by atoms with E-state index in [-0.39, 0.29) is 34.5 Å². The van der Waals surface area contributed by atoms with Crippen LogP contribution in [0.5, 0.6) is 0 Å². The Bertz CT molecular complexity index is 641. The smallest absolute Gasteiger partial charge is 0.292 e. The summed E-state index contributed by atoms with van der Waals surface area (Å²) in [5, 5.41) is 20.9. The van der Waals surface area contributed by atoms with Crippen LogP contribution in [0.25, 0.3) is 0 Å². The third-order valence-corrected chi connectivity index (χ3v) is 5.48. The Hall–Kier alpha value is -2.15. The van der Waals surface area contributed by atoms with Crippen LogP contribution >= 0.6 is 0 Å². The molecule has 0 bridgehead atoms. The number of anilines is 1. The van der Waals surface area contributed by atoms with Gasteiger partial charge in [0.1, 0.15) is 5.69 Å². The molecule has 2 aliphatic heterocycles. The second kappa shape index (κ2) is 7.39. The van der Waals surface area contributed by atoms with Crippen molar-refractivity contribution in [3.8, 4) is 0 Å². The molecule has 1 amide bonds.